The van der Waals surface area contributed by atoms with E-state index >= 15 is 0 Å². The highest BCUT2D eigenvalue weighted by atomic mass is 16.6. The van der Waals surface area contributed by atoms with Crippen LogP contribution in [0.3, 0.4) is 0 Å². The average molecular weight is 278 g/mol. The zero-order chi connectivity index (χ0) is 15.2. The molecule has 2 aliphatic rings. The van der Waals surface area contributed by atoms with E-state index in [1.54, 1.807) is 6.08 Å². The summed E-state index contributed by atoms with van der Waals surface area (Å²) in [4.78, 5) is 11.2. The molecule has 0 aromatic heterocycles. The lowest BCUT2D eigenvalue weighted by molar-refractivity contribution is -0.147. The zero-order valence-electron chi connectivity index (χ0n) is 13.3. The Kier molecular flexibility index (Phi) is 3.41. The number of rotatable bonds is 4. The Morgan fingerprint density at radius 2 is 2.00 bits per heavy atom. The van der Waals surface area contributed by atoms with Crippen molar-refractivity contribution in [3.05, 3.63) is 24.8 Å². The van der Waals surface area contributed by atoms with Crippen molar-refractivity contribution in [2.75, 3.05) is 0 Å². The Balaban J connectivity index is 2.26. The third kappa shape index (κ3) is 2.22. The first-order chi connectivity index (χ1) is 9.10. The minimum atomic E-state index is -0.777. The van der Waals surface area contributed by atoms with E-state index < -0.39 is 5.60 Å². The van der Waals surface area contributed by atoms with Crippen LogP contribution < -0.4 is 0 Å². The van der Waals surface area contributed by atoms with Crippen LogP contribution >= 0.6 is 0 Å². The second-order valence-electron chi connectivity index (χ2n) is 7.12. The zero-order valence-corrected chi connectivity index (χ0v) is 13.3. The monoisotopic (exact) mass is 278 g/mol. The third-order valence-corrected chi connectivity index (χ3v) is 5.01. The summed E-state index contributed by atoms with van der Waals surface area (Å²) in [5.41, 5.74) is -1.01. The van der Waals surface area contributed by atoms with Gasteiger partial charge in [0.25, 0.3) is 0 Å². The van der Waals surface area contributed by atoms with E-state index in [1.165, 1.54) is 13.3 Å². The first-order valence-corrected chi connectivity index (χ1v) is 7.34. The smallest absolute Gasteiger partial charge is 0.303 e. The molecule has 1 aliphatic carbocycles. The van der Waals surface area contributed by atoms with Crippen LogP contribution in [0.15, 0.2) is 24.8 Å². The van der Waals surface area contributed by atoms with Crippen LogP contribution in [0.4, 0.5) is 0 Å². The summed E-state index contributed by atoms with van der Waals surface area (Å²) in [7, 11) is 0. The molecule has 112 valence electrons. The van der Waals surface area contributed by atoms with Crippen LogP contribution in [0.5, 0.6) is 0 Å². The van der Waals surface area contributed by atoms with Gasteiger partial charge in [0, 0.05) is 12.3 Å². The summed E-state index contributed by atoms with van der Waals surface area (Å²) in [5, 5.41) is 0. The second-order valence-corrected chi connectivity index (χ2v) is 7.12. The Morgan fingerprint density at radius 1 is 1.35 bits per heavy atom. The molecule has 1 aliphatic heterocycles. The van der Waals surface area contributed by atoms with Gasteiger partial charge in [0.1, 0.15) is 11.2 Å². The van der Waals surface area contributed by atoms with Gasteiger partial charge in [-0.15, -0.1) is 0 Å². The fraction of sp³-hybridized carbons (Fsp3) is 0.706. The second kappa shape index (κ2) is 4.45. The first-order valence-electron chi connectivity index (χ1n) is 7.34. The highest BCUT2D eigenvalue weighted by Gasteiger charge is 2.73. The molecule has 0 bridgehead atoms. The van der Waals surface area contributed by atoms with Crippen LogP contribution in [0, 0.1) is 5.41 Å². The van der Waals surface area contributed by atoms with Crippen molar-refractivity contribution >= 4 is 5.97 Å². The Bertz CT molecular complexity index is 465. The first kappa shape index (κ1) is 15.3. The molecule has 20 heavy (non-hydrogen) atoms. The number of hydrogen-bond acceptors (Lipinski definition) is 3. The molecule has 3 nitrogen and oxygen atoms in total. The third-order valence-electron chi connectivity index (χ3n) is 5.01. The molecule has 0 amide bonds. The van der Waals surface area contributed by atoms with E-state index in [1.807, 2.05) is 13.0 Å². The van der Waals surface area contributed by atoms with Crippen molar-refractivity contribution in [2.45, 2.75) is 70.7 Å². The quantitative estimate of drug-likeness (QED) is 0.446. The summed E-state index contributed by atoms with van der Waals surface area (Å²) in [6.07, 6.45) is 9.08. The minimum absolute atomic E-state index is 0.0798. The molecule has 2 fully saturated rings. The van der Waals surface area contributed by atoms with Crippen LogP contribution in [0.1, 0.15) is 53.9 Å². The number of fused-ring (bicyclic) bond motifs is 1. The fourth-order valence-electron chi connectivity index (χ4n) is 3.65. The summed E-state index contributed by atoms with van der Waals surface area (Å²) in [6.45, 7) is 13.7. The lowest BCUT2D eigenvalue weighted by atomic mass is 9.64. The van der Waals surface area contributed by atoms with Gasteiger partial charge in [-0.3, -0.25) is 4.79 Å². The summed E-state index contributed by atoms with van der Waals surface area (Å²) >= 11 is 0. The number of carbonyl (C=O) groups is 1. The molecule has 2 rings (SSSR count). The van der Waals surface area contributed by atoms with Gasteiger partial charge < -0.3 is 9.47 Å². The van der Waals surface area contributed by atoms with E-state index in [0.29, 0.717) is 0 Å². The van der Waals surface area contributed by atoms with E-state index in [2.05, 4.69) is 33.4 Å². The van der Waals surface area contributed by atoms with E-state index in [-0.39, 0.29) is 22.6 Å². The molecule has 0 radical (unpaired) electrons. The summed E-state index contributed by atoms with van der Waals surface area (Å²) < 4.78 is 11.5. The molecule has 0 aromatic rings. The number of ether oxygens (including phenoxy) is 2. The Morgan fingerprint density at radius 3 is 2.50 bits per heavy atom. The van der Waals surface area contributed by atoms with Crippen molar-refractivity contribution in [2.24, 2.45) is 5.41 Å². The van der Waals surface area contributed by atoms with E-state index in [9.17, 15) is 4.79 Å². The van der Waals surface area contributed by atoms with Gasteiger partial charge in [-0.05, 0) is 51.3 Å². The number of epoxide rings is 1. The van der Waals surface area contributed by atoms with Gasteiger partial charge in [-0.2, -0.15) is 0 Å². The summed E-state index contributed by atoms with van der Waals surface area (Å²) in [6, 6.07) is 0. The van der Waals surface area contributed by atoms with Crippen molar-refractivity contribution < 1.29 is 14.3 Å². The molecule has 1 saturated carbocycles. The maximum Gasteiger partial charge on any atom is 0.303 e. The molecular weight excluding hydrogens is 252 g/mol. The molecule has 1 heterocycles. The molecule has 0 aromatic carbocycles. The molecular formula is C17H26O3. The van der Waals surface area contributed by atoms with E-state index in [0.717, 1.165) is 12.8 Å². The van der Waals surface area contributed by atoms with Crippen molar-refractivity contribution in [1.82, 2.24) is 0 Å². The maximum atomic E-state index is 11.2. The van der Waals surface area contributed by atoms with Crippen LogP contribution in [0.25, 0.3) is 0 Å². The normalized spacial score (nSPS) is 37.9. The van der Waals surface area contributed by atoms with Crippen molar-refractivity contribution in [3.8, 4) is 0 Å². The highest BCUT2D eigenvalue weighted by Crippen LogP contribution is 2.66. The topological polar surface area (TPSA) is 38.8 Å². The predicted molar refractivity (Wildman–Crippen MR) is 79.4 cm³/mol. The van der Waals surface area contributed by atoms with Gasteiger partial charge >= 0.3 is 5.97 Å². The van der Waals surface area contributed by atoms with Gasteiger partial charge in [-0.25, -0.2) is 0 Å². The number of esters is 1. The standard InChI is InChI=1S/C17H26O3/c1-7-15(5,19-13(2)18)11-12-17-14(3,4)9-8-10-16(17,6)20-17/h7,11-12H,1,8-10H2,2-6H3/b12-11-. The van der Waals surface area contributed by atoms with Gasteiger partial charge in [0.2, 0.25) is 0 Å². The average Bonchev–Trinajstić information content (AvgIpc) is 2.94. The van der Waals surface area contributed by atoms with Crippen LogP contribution in [-0.4, -0.2) is 22.8 Å². The SMILES string of the molecule is C=CC(C)(/C=C\C12OC1(C)CCCC2(C)C)OC(C)=O. The molecule has 3 unspecified atom stereocenters. The van der Waals surface area contributed by atoms with Gasteiger partial charge in [0.15, 0.2) is 0 Å². The Labute approximate surface area is 122 Å². The molecule has 0 N–H and O–H groups in total. The van der Waals surface area contributed by atoms with Crippen LogP contribution in [0.2, 0.25) is 0 Å². The van der Waals surface area contributed by atoms with Crippen LogP contribution in [-0.2, 0) is 14.3 Å². The van der Waals surface area contributed by atoms with Gasteiger partial charge in [-0.1, -0.05) is 20.4 Å². The number of carbonyl (C=O) groups excluding carboxylic acids is 1. The summed E-state index contributed by atoms with van der Waals surface area (Å²) in [5.74, 6) is -0.308. The molecule has 1 saturated heterocycles. The van der Waals surface area contributed by atoms with Crippen molar-refractivity contribution in [1.29, 1.82) is 0 Å². The molecule has 3 heteroatoms. The maximum absolute atomic E-state index is 11.2. The lowest BCUT2D eigenvalue weighted by Crippen LogP contribution is -2.41. The van der Waals surface area contributed by atoms with Crippen molar-refractivity contribution in [3.63, 3.8) is 0 Å². The predicted octanol–water partition coefficient (Wildman–Crippen LogP) is 3.79. The molecule has 0 spiro atoms. The Hall–Kier alpha value is -1.09. The molecule has 3 atom stereocenters. The number of hydrogen-bond donors (Lipinski definition) is 0. The highest BCUT2D eigenvalue weighted by molar-refractivity contribution is 5.67. The van der Waals surface area contributed by atoms with Gasteiger partial charge in [0.05, 0.1) is 5.60 Å². The lowest BCUT2D eigenvalue weighted by Gasteiger charge is -2.37. The largest absolute Gasteiger partial charge is 0.451 e. The van der Waals surface area contributed by atoms with E-state index in [4.69, 9.17) is 9.47 Å². The minimum Gasteiger partial charge on any atom is -0.451 e. The fourth-order valence-corrected chi connectivity index (χ4v) is 3.65.